The van der Waals surface area contributed by atoms with Crippen LogP contribution in [0.15, 0.2) is 6.33 Å². The van der Waals surface area contributed by atoms with Gasteiger partial charge in [-0.1, -0.05) is 0 Å². The molecule has 2 heterocycles. The van der Waals surface area contributed by atoms with Crippen molar-refractivity contribution in [1.82, 2.24) is 9.97 Å². The summed E-state index contributed by atoms with van der Waals surface area (Å²) in [5, 5.41) is 3.38. The first-order valence-corrected chi connectivity index (χ1v) is 6.54. The highest BCUT2D eigenvalue weighted by atomic mass is 32.2. The van der Waals surface area contributed by atoms with Crippen LogP contribution in [0.2, 0.25) is 0 Å². The average molecular weight is 238 g/mol. The van der Waals surface area contributed by atoms with Gasteiger partial charge in [-0.05, 0) is 32.4 Å². The largest absolute Gasteiger partial charge is 0.383 e. The van der Waals surface area contributed by atoms with Crippen LogP contribution in [-0.4, -0.2) is 27.0 Å². The summed E-state index contributed by atoms with van der Waals surface area (Å²) in [7, 11) is 0. The second-order valence-electron chi connectivity index (χ2n) is 4.49. The van der Waals surface area contributed by atoms with Crippen molar-refractivity contribution in [3.63, 3.8) is 0 Å². The highest BCUT2D eigenvalue weighted by Gasteiger charge is 2.29. The summed E-state index contributed by atoms with van der Waals surface area (Å²) in [4.78, 5) is 8.18. The quantitative estimate of drug-likeness (QED) is 0.844. The monoisotopic (exact) mass is 238 g/mol. The van der Waals surface area contributed by atoms with Gasteiger partial charge in [0.1, 0.15) is 18.0 Å². The number of aromatic nitrogens is 2. The van der Waals surface area contributed by atoms with Crippen LogP contribution in [0, 0.1) is 6.92 Å². The molecule has 4 nitrogen and oxygen atoms in total. The molecular formula is C11H18N4S. The average Bonchev–Trinajstić information content (AvgIpc) is 2.68. The van der Waals surface area contributed by atoms with Gasteiger partial charge in [-0.2, -0.15) is 11.8 Å². The Hall–Kier alpha value is -0.970. The number of nitrogen functional groups attached to an aromatic ring is 1. The first-order valence-electron chi connectivity index (χ1n) is 5.56. The molecule has 0 radical (unpaired) electrons. The van der Waals surface area contributed by atoms with E-state index in [1.165, 1.54) is 24.9 Å². The van der Waals surface area contributed by atoms with Crippen LogP contribution < -0.4 is 11.1 Å². The zero-order valence-corrected chi connectivity index (χ0v) is 10.6. The highest BCUT2D eigenvalue weighted by Crippen LogP contribution is 2.37. The van der Waals surface area contributed by atoms with Crippen molar-refractivity contribution in [2.45, 2.75) is 31.4 Å². The Balaban J connectivity index is 2.02. The first-order chi connectivity index (χ1) is 7.61. The van der Waals surface area contributed by atoms with Gasteiger partial charge in [0.05, 0.1) is 0 Å². The third-order valence-electron chi connectivity index (χ3n) is 3.05. The van der Waals surface area contributed by atoms with Crippen molar-refractivity contribution in [1.29, 1.82) is 0 Å². The Morgan fingerprint density at radius 1 is 1.56 bits per heavy atom. The van der Waals surface area contributed by atoms with E-state index >= 15 is 0 Å². The Kier molecular flexibility index (Phi) is 3.23. The van der Waals surface area contributed by atoms with Gasteiger partial charge in [-0.25, -0.2) is 9.97 Å². The van der Waals surface area contributed by atoms with E-state index in [4.69, 9.17) is 5.73 Å². The number of thioether (sulfide) groups is 1. The Bertz CT molecular complexity index is 374. The van der Waals surface area contributed by atoms with Gasteiger partial charge in [0.15, 0.2) is 0 Å². The molecule has 3 N–H and O–H groups in total. The van der Waals surface area contributed by atoms with Crippen LogP contribution >= 0.6 is 11.8 Å². The minimum atomic E-state index is 0.339. The van der Waals surface area contributed by atoms with Crippen LogP contribution in [-0.2, 0) is 0 Å². The Morgan fingerprint density at radius 2 is 2.38 bits per heavy atom. The van der Waals surface area contributed by atoms with Crippen molar-refractivity contribution in [3.05, 3.63) is 11.9 Å². The van der Waals surface area contributed by atoms with E-state index in [1.54, 1.807) is 0 Å². The third kappa shape index (κ3) is 2.40. The van der Waals surface area contributed by atoms with Crippen molar-refractivity contribution in [2.24, 2.45) is 0 Å². The third-order valence-corrected chi connectivity index (χ3v) is 4.59. The smallest absolute Gasteiger partial charge is 0.134 e. The number of hydrogen-bond donors (Lipinski definition) is 2. The molecule has 1 aromatic rings. The molecule has 1 atom stereocenters. The van der Waals surface area contributed by atoms with Crippen molar-refractivity contribution in [2.75, 3.05) is 23.3 Å². The maximum atomic E-state index is 5.74. The predicted molar refractivity (Wildman–Crippen MR) is 69.8 cm³/mol. The molecule has 88 valence electrons. The second kappa shape index (κ2) is 4.49. The summed E-state index contributed by atoms with van der Waals surface area (Å²) in [6.07, 6.45) is 4.09. The van der Waals surface area contributed by atoms with E-state index in [0.717, 1.165) is 17.9 Å². The minimum absolute atomic E-state index is 0.339. The molecule has 0 spiro atoms. The fourth-order valence-corrected chi connectivity index (χ4v) is 3.13. The van der Waals surface area contributed by atoms with Crippen molar-refractivity contribution < 1.29 is 0 Å². The lowest BCUT2D eigenvalue weighted by molar-refractivity contribution is 0.633. The number of nitrogens with one attached hydrogen (secondary N) is 1. The maximum absolute atomic E-state index is 5.74. The van der Waals surface area contributed by atoms with Gasteiger partial charge < -0.3 is 11.1 Å². The molecule has 1 unspecified atom stereocenters. The van der Waals surface area contributed by atoms with Crippen LogP contribution in [0.3, 0.4) is 0 Å². The van der Waals surface area contributed by atoms with Gasteiger partial charge >= 0.3 is 0 Å². The SMILES string of the molecule is Cc1c(N)ncnc1NCC1(C)CCCS1. The molecule has 0 bridgehead atoms. The summed E-state index contributed by atoms with van der Waals surface area (Å²) in [5.41, 5.74) is 6.68. The van der Waals surface area contributed by atoms with E-state index in [2.05, 4.69) is 22.2 Å². The predicted octanol–water partition coefficient (Wildman–Crippen LogP) is 2.06. The number of anilines is 2. The molecule has 1 aliphatic rings. The molecule has 0 aliphatic carbocycles. The molecule has 5 heteroatoms. The number of hydrogen-bond acceptors (Lipinski definition) is 5. The summed E-state index contributed by atoms with van der Waals surface area (Å²) in [6, 6.07) is 0. The maximum Gasteiger partial charge on any atom is 0.134 e. The normalized spacial score (nSPS) is 24.6. The molecule has 0 amide bonds. The van der Waals surface area contributed by atoms with E-state index in [9.17, 15) is 0 Å². The first kappa shape index (κ1) is 11.5. The number of nitrogens with zero attached hydrogens (tertiary/aromatic N) is 2. The molecule has 0 aromatic carbocycles. The molecule has 1 aliphatic heterocycles. The summed E-state index contributed by atoms with van der Waals surface area (Å²) in [5.74, 6) is 2.69. The lowest BCUT2D eigenvalue weighted by Crippen LogP contribution is -2.27. The van der Waals surface area contributed by atoms with Gasteiger partial charge in [0.25, 0.3) is 0 Å². The zero-order valence-electron chi connectivity index (χ0n) is 9.79. The van der Waals surface area contributed by atoms with Gasteiger partial charge in [0, 0.05) is 16.9 Å². The van der Waals surface area contributed by atoms with Crippen LogP contribution in [0.25, 0.3) is 0 Å². The molecule has 2 rings (SSSR count). The lowest BCUT2D eigenvalue weighted by atomic mass is 10.1. The lowest BCUT2D eigenvalue weighted by Gasteiger charge is -2.23. The summed E-state index contributed by atoms with van der Waals surface area (Å²) in [6.45, 7) is 5.19. The van der Waals surface area contributed by atoms with Gasteiger partial charge in [0.2, 0.25) is 0 Å². The molecule has 1 fully saturated rings. The molecular weight excluding hydrogens is 220 g/mol. The standard InChI is InChI=1S/C11H18N4S/c1-8-9(12)14-7-15-10(8)13-6-11(2)4-3-5-16-11/h7H,3-6H2,1-2H3,(H3,12,13,14,15). The van der Waals surface area contributed by atoms with E-state index < -0.39 is 0 Å². The van der Waals surface area contributed by atoms with E-state index in [-0.39, 0.29) is 0 Å². The minimum Gasteiger partial charge on any atom is -0.383 e. The van der Waals surface area contributed by atoms with Crippen LogP contribution in [0.4, 0.5) is 11.6 Å². The zero-order chi connectivity index (χ0) is 11.6. The van der Waals surface area contributed by atoms with Crippen LogP contribution in [0.5, 0.6) is 0 Å². The van der Waals surface area contributed by atoms with Gasteiger partial charge in [-0.15, -0.1) is 0 Å². The topological polar surface area (TPSA) is 63.8 Å². The fraction of sp³-hybridized carbons (Fsp3) is 0.636. The van der Waals surface area contributed by atoms with E-state index in [0.29, 0.717) is 10.6 Å². The summed E-state index contributed by atoms with van der Waals surface area (Å²) < 4.78 is 0.339. The Morgan fingerprint density at radius 3 is 3.06 bits per heavy atom. The molecule has 1 aromatic heterocycles. The van der Waals surface area contributed by atoms with Crippen LogP contribution in [0.1, 0.15) is 25.3 Å². The Labute approximate surface area is 100 Å². The molecule has 16 heavy (non-hydrogen) atoms. The van der Waals surface area contributed by atoms with Crippen molar-refractivity contribution in [3.8, 4) is 0 Å². The summed E-state index contributed by atoms with van der Waals surface area (Å²) >= 11 is 2.04. The molecule has 1 saturated heterocycles. The van der Waals surface area contributed by atoms with E-state index in [1.807, 2.05) is 18.7 Å². The molecule has 0 saturated carbocycles. The number of rotatable bonds is 3. The highest BCUT2D eigenvalue weighted by molar-refractivity contribution is 8.00. The van der Waals surface area contributed by atoms with Gasteiger partial charge in [-0.3, -0.25) is 0 Å². The fourth-order valence-electron chi connectivity index (χ4n) is 1.89. The van der Waals surface area contributed by atoms with Crippen molar-refractivity contribution >= 4 is 23.4 Å². The number of nitrogens with two attached hydrogens (primary N) is 1. The second-order valence-corrected chi connectivity index (χ2v) is 6.17.